The van der Waals surface area contributed by atoms with Crippen molar-refractivity contribution in [1.29, 1.82) is 0 Å². The molecule has 0 spiro atoms. The third kappa shape index (κ3) is 3.23. The molecule has 1 saturated heterocycles. The molecule has 2 heteroatoms. The molecule has 2 N–H and O–H groups in total. The first-order valence-corrected chi connectivity index (χ1v) is 8.94. The van der Waals surface area contributed by atoms with Gasteiger partial charge in [0.05, 0.1) is 0 Å². The summed E-state index contributed by atoms with van der Waals surface area (Å²) in [6.45, 7) is 11.5. The van der Waals surface area contributed by atoms with Crippen LogP contribution in [0.3, 0.4) is 0 Å². The Hall–Kier alpha value is -0.860. The van der Waals surface area contributed by atoms with Gasteiger partial charge < -0.3 is 5.73 Å². The maximum Gasteiger partial charge on any atom is 0.0174 e. The molecule has 1 aliphatic heterocycles. The Balaban J connectivity index is 1.73. The van der Waals surface area contributed by atoms with Gasteiger partial charge in [0.15, 0.2) is 0 Å². The van der Waals surface area contributed by atoms with Crippen LogP contribution < -0.4 is 5.73 Å². The maximum atomic E-state index is 6.37. The van der Waals surface area contributed by atoms with Crippen molar-refractivity contribution in [3.63, 3.8) is 0 Å². The summed E-state index contributed by atoms with van der Waals surface area (Å²) in [7, 11) is 0. The Morgan fingerprint density at radius 3 is 2.23 bits per heavy atom. The molecule has 1 aromatic rings. The molecule has 0 aromatic heterocycles. The van der Waals surface area contributed by atoms with Crippen LogP contribution in [0, 0.1) is 5.92 Å². The largest absolute Gasteiger partial charge is 0.327 e. The number of rotatable bonds is 2. The molecule has 1 aromatic carbocycles. The van der Waals surface area contributed by atoms with Crippen LogP contribution in [0.1, 0.15) is 64.0 Å². The maximum absolute atomic E-state index is 6.37. The van der Waals surface area contributed by atoms with Gasteiger partial charge >= 0.3 is 0 Å². The zero-order valence-electron chi connectivity index (χ0n) is 14.7. The van der Waals surface area contributed by atoms with Gasteiger partial charge in [0.1, 0.15) is 0 Å². The molecule has 22 heavy (non-hydrogen) atoms. The smallest absolute Gasteiger partial charge is 0.0174 e. The standard InChI is InChI=1S/C20H32N2/c1-14-5-10-19(14)22-12-16(11-18(21)13-22)15-6-8-17(9-7-15)20(2,3)4/h6-9,14,16,18-19H,5,10-13,21H2,1-4H3. The lowest BCUT2D eigenvalue weighted by atomic mass is 9.77. The van der Waals surface area contributed by atoms with Crippen molar-refractivity contribution in [1.82, 2.24) is 4.90 Å². The van der Waals surface area contributed by atoms with Gasteiger partial charge in [-0.15, -0.1) is 0 Å². The summed E-state index contributed by atoms with van der Waals surface area (Å²) >= 11 is 0. The predicted molar refractivity (Wildman–Crippen MR) is 94.2 cm³/mol. The predicted octanol–water partition coefficient (Wildman–Crippen LogP) is 3.90. The van der Waals surface area contributed by atoms with Crippen molar-refractivity contribution in [2.45, 2.75) is 70.4 Å². The fourth-order valence-electron chi connectivity index (χ4n) is 4.13. The van der Waals surface area contributed by atoms with E-state index in [0.717, 1.165) is 24.9 Å². The Morgan fingerprint density at radius 2 is 1.73 bits per heavy atom. The first-order chi connectivity index (χ1) is 10.3. The lowest BCUT2D eigenvalue weighted by Gasteiger charge is -2.48. The van der Waals surface area contributed by atoms with Gasteiger partial charge in [-0.1, -0.05) is 52.0 Å². The van der Waals surface area contributed by atoms with E-state index >= 15 is 0 Å². The summed E-state index contributed by atoms with van der Waals surface area (Å²) in [6, 6.07) is 10.4. The highest BCUT2D eigenvalue weighted by atomic mass is 15.2. The molecule has 3 rings (SSSR count). The highest BCUT2D eigenvalue weighted by Gasteiger charge is 2.37. The SMILES string of the molecule is CC1CCC1N1CC(N)CC(c2ccc(C(C)(C)C)cc2)C1. The van der Waals surface area contributed by atoms with E-state index in [2.05, 4.69) is 56.9 Å². The van der Waals surface area contributed by atoms with E-state index in [4.69, 9.17) is 5.73 Å². The fourth-order valence-corrected chi connectivity index (χ4v) is 4.13. The number of nitrogens with zero attached hydrogens (tertiary/aromatic N) is 1. The molecular weight excluding hydrogens is 268 g/mol. The summed E-state index contributed by atoms with van der Waals surface area (Å²) in [5.74, 6) is 1.46. The number of likely N-dealkylation sites (tertiary alicyclic amines) is 1. The molecule has 0 amide bonds. The van der Waals surface area contributed by atoms with Crippen molar-refractivity contribution in [3.8, 4) is 0 Å². The van der Waals surface area contributed by atoms with Gasteiger partial charge in [0, 0.05) is 25.2 Å². The molecule has 1 saturated carbocycles. The van der Waals surface area contributed by atoms with Crippen LogP contribution in [0.2, 0.25) is 0 Å². The number of hydrogen-bond acceptors (Lipinski definition) is 2. The summed E-state index contributed by atoms with van der Waals surface area (Å²) < 4.78 is 0. The molecule has 2 fully saturated rings. The van der Waals surface area contributed by atoms with E-state index in [1.54, 1.807) is 0 Å². The highest BCUT2D eigenvalue weighted by Crippen LogP contribution is 2.36. The Kier molecular flexibility index (Phi) is 4.35. The van der Waals surface area contributed by atoms with Crippen LogP contribution in [0.25, 0.3) is 0 Å². The third-order valence-corrected chi connectivity index (χ3v) is 5.80. The number of benzene rings is 1. The second-order valence-electron chi connectivity index (χ2n) is 8.64. The second kappa shape index (κ2) is 5.98. The van der Waals surface area contributed by atoms with Crippen LogP contribution >= 0.6 is 0 Å². The van der Waals surface area contributed by atoms with E-state index in [-0.39, 0.29) is 5.41 Å². The molecular formula is C20H32N2. The molecule has 0 radical (unpaired) electrons. The average molecular weight is 300 g/mol. The van der Waals surface area contributed by atoms with Gasteiger partial charge in [-0.2, -0.15) is 0 Å². The van der Waals surface area contributed by atoms with Crippen molar-refractivity contribution in [3.05, 3.63) is 35.4 Å². The highest BCUT2D eigenvalue weighted by molar-refractivity contribution is 5.30. The van der Waals surface area contributed by atoms with Crippen molar-refractivity contribution < 1.29 is 0 Å². The lowest BCUT2D eigenvalue weighted by Crippen LogP contribution is -2.55. The number of nitrogens with two attached hydrogens (primary N) is 1. The minimum absolute atomic E-state index is 0.231. The minimum Gasteiger partial charge on any atom is -0.327 e. The molecule has 2 nitrogen and oxygen atoms in total. The Morgan fingerprint density at radius 1 is 1.05 bits per heavy atom. The van der Waals surface area contributed by atoms with Crippen LogP contribution in [-0.4, -0.2) is 30.1 Å². The van der Waals surface area contributed by atoms with Crippen LogP contribution in [0.4, 0.5) is 0 Å². The minimum atomic E-state index is 0.231. The van der Waals surface area contributed by atoms with Crippen LogP contribution in [-0.2, 0) is 5.41 Å². The molecule has 2 aliphatic rings. The monoisotopic (exact) mass is 300 g/mol. The van der Waals surface area contributed by atoms with Crippen LogP contribution in [0.15, 0.2) is 24.3 Å². The zero-order valence-corrected chi connectivity index (χ0v) is 14.7. The van der Waals surface area contributed by atoms with Crippen LogP contribution in [0.5, 0.6) is 0 Å². The molecule has 0 bridgehead atoms. The molecule has 4 unspecified atom stereocenters. The van der Waals surface area contributed by atoms with Gasteiger partial charge in [-0.05, 0) is 47.6 Å². The Labute approximate surface area is 136 Å². The first-order valence-electron chi connectivity index (χ1n) is 8.94. The van der Waals surface area contributed by atoms with E-state index in [9.17, 15) is 0 Å². The van der Waals surface area contributed by atoms with E-state index < -0.39 is 0 Å². The fraction of sp³-hybridized carbons (Fsp3) is 0.700. The van der Waals surface area contributed by atoms with Gasteiger partial charge in [-0.25, -0.2) is 0 Å². The summed E-state index contributed by atoms with van der Waals surface area (Å²) in [5.41, 5.74) is 9.49. The summed E-state index contributed by atoms with van der Waals surface area (Å²) in [4.78, 5) is 2.67. The van der Waals surface area contributed by atoms with Gasteiger partial charge in [0.25, 0.3) is 0 Å². The topological polar surface area (TPSA) is 29.3 Å². The summed E-state index contributed by atoms with van der Waals surface area (Å²) in [5, 5.41) is 0. The molecule has 122 valence electrons. The second-order valence-corrected chi connectivity index (χ2v) is 8.64. The van der Waals surface area contributed by atoms with Gasteiger partial charge in [-0.3, -0.25) is 4.90 Å². The molecule has 1 heterocycles. The molecule has 4 atom stereocenters. The van der Waals surface area contributed by atoms with Crippen molar-refractivity contribution >= 4 is 0 Å². The lowest BCUT2D eigenvalue weighted by molar-refractivity contribution is 0.0419. The van der Waals surface area contributed by atoms with Crippen molar-refractivity contribution in [2.24, 2.45) is 11.7 Å². The Bertz CT molecular complexity index is 499. The van der Waals surface area contributed by atoms with Crippen molar-refractivity contribution in [2.75, 3.05) is 13.1 Å². The number of hydrogen-bond donors (Lipinski definition) is 1. The van der Waals surface area contributed by atoms with E-state index in [0.29, 0.717) is 12.0 Å². The normalized spacial score (nSPS) is 33.5. The van der Waals surface area contributed by atoms with E-state index in [1.165, 1.54) is 30.5 Å². The number of piperidine rings is 1. The quantitative estimate of drug-likeness (QED) is 0.897. The average Bonchev–Trinajstić information content (AvgIpc) is 2.44. The van der Waals surface area contributed by atoms with E-state index in [1.807, 2.05) is 0 Å². The molecule has 1 aliphatic carbocycles. The van der Waals surface area contributed by atoms with Gasteiger partial charge in [0.2, 0.25) is 0 Å². The third-order valence-electron chi connectivity index (χ3n) is 5.80. The summed E-state index contributed by atoms with van der Waals surface area (Å²) in [6.07, 6.45) is 3.89. The zero-order chi connectivity index (χ0) is 15.9. The first kappa shape index (κ1) is 16.0.